The van der Waals surface area contributed by atoms with Gasteiger partial charge in [0.2, 0.25) is 5.88 Å². The molecule has 7 heteroatoms. The van der Waals surface area contributed by atoms with Crippen LogP contribution in [0.1, 0.15) is 37.0 Å². The number of hydrogen-bond donors (Lipinski definition) is 1. The minimum atomic E-state index is -0.663. The number of aromatic nitrogens is 2. The number of ether oxygens (including phenoxy) is 1. The number of carbonyl (C=O) groups is 2. The van der Waals surface area contributed by atoms with Crippen LogP contribution in [-0.4, -0.2) is 28.6 Å². The maximum absolute atomic E-state index is 11.7. The molecule has 116 valence electrons. The van der Waals surface area contributed by atoms with Crippen molar-refractivity contribution in [2.24, 2.45) is 0 Å². The summed E-state index contributed by atoms with van der Waals surface area (Å²) in [5, 5.41) is 6.35. The van der Waals surface area contributed by atoms with Crippen molar-refractivity contribution in [3.8, 4) is 0 Å². The minimum absolute atomic E-state index is 0.144. The molecule has 0 saturated heterocycles. The molecule has 7 nitrogen and oxygen atoms in total. The van der Waals surface area contributed by atoms with E-state index < -0.39 is 18.5 Å². The Kier molecular flexibility index (Phi) is 4.55. The van der Waals surface area contributed by atoms with Crippen LogP contribution in [-0.2, 0) is 14.9 Å². The highest BCUT2D eigenvalue weighted by Gasteiger charge is 2.20. The number of hydrogen-bond acceptors (Lipinski definition) is 6. The molecule has 0 unspecified atom stereocenters. The number of anilines is 1. The molecular formula is C15H17N3O4. The fourth-order valence-corrected chi connectivity index (χ4v) is 1.55. The molecule has 2 aromatic rings. The van der Waals surface area contributed by atoms with Crippen LogP contribution in [0.15, 0.2) is 35.0 Å². The van der Waals surface area contributed by atoms with Gasteiger partial charge in [0.15, 0.2) is 6.61 Å². The fourth-order valence-electron chi connectivity index (χ4n) is 1.55. The summed E-state index contributed by atoms with van der Waals surface area (Å²) in [4.78, 5) is 27.2. The summed E-state index contributed by atoms with van der Waals surface area (Å²) in [6, 6.07) is 6.48. The average molecular weight is 303 g/mol. The van der Waals surface area contributed by atoms with Crippen molar-refractivity contribution < 1.29 is 18.8 Å². The predicted molar refractivity (Wildman–Crippen MR) is 78.4 cm³/mol. The largest absolute Gasteiger partial charge is 0.451 e. The number of amides is 1. The Hall–Kier alpha value is -2.70. The van der Waals surface area contributed by atoms with E-state index in [1.807, 2.05) is 20.8 Å². The normalized spacial score (nSPS) is 11.0. The van der Waals surface area contributed by atoms with E-state index in [4.69, 9.17) is 9.26 Å². The van der Waals surface area contributed by atoms with Crippen LogP contribution in [0.5, 0.6) is 0 Å². The maximum atomic E-state index is 11.7. The van der Waals surface area contributed by atoms with Crippen LogP contribution in [0.2, 0.25) is 0 Å². The second-order valence-electron chi connectivity index (χ2n) is 5.67. The molecule has 2 heterocycles. The Morgan fingerprint density at radius 2 is 2.09 bits per heavy atom. The van der Waals surface area contributed by atoms with E-state index in [2.05, 4.69) is 15.5 Å². The summed E-state index contributed by atoms with van der Waals surface area (Å²) in [6.45, 7) is 5.50. The highest BCUT2D eigenvalue weighted by atomic mass is 16.5. The van der Waals surface area contributed by atoms with Gasteiger partial charge in [0.25, 0.3) is 5.91 Å². The zero-order valence-electron chi connectivity index (χ0n) is 12.6. The standard InChI is InChI=1S/C15H17N3O4/c1-15(2,3)11-8-13(22-18-11)17-12(19)9-21-14(20)10-6-4-5-7-16-10/h4-8H,9H2,1-3H3,(H,17,19). The summed E-state index contributed by atoms with van der Waals surface area (Å²) in [5.41, 5.74) is 0.677. The number of pyridine rings is 1. The summed E-state index contributed by atoms with van der Waals surface area (Å²) in [6.07, 6.45) is 1.47. The van der Waals surface area contributed by atoms with E-state index in [0.29, 0.717) is 5.69 Å². The summed E-state index contributed by atoms with van der Waals surface area (Å²) >= 11 is 0. The summed E-state index contributed by atoms with van der Waals surface area (Å²) in [7, 11) is 0. The quantitative estimate of drug-likeness (QED) is 0.870. The monoisotopic (exact) mass is 303 g/mol. The van der Waals surface area contributed by atoms with Gasteiger partial charge in [-0.05, 0) is 12.1 Å². The van der Waals surface area contributed by atoms with Crippen LogP contribution < -0.4 is 5.32 Å². The Labute approximate surface area is 127 Å². The first-order chi connectivity index (χ1) is 10.4. The van der Waals surface area contributed by atoms with Crippen molar-refractivity contribution in [1.29, 1.82) is 0 Å². The zero-order chi connectivity index (χ0) is 16.2. The van der Waals surface area contributed by atoms with Crippen molar-refractivity contribution in [1.82, 2.24) is 10.1 Å². The van der Waals surface area contributed by atoms with Gasteiger partial charge < -0.3 is 9.26 Å². The number of nitrogens with one attached hydrogen (secondary N) is 1. The smallest absolute Gasteiger partial charge is 0.357 e. The van der Waals surface area contributed by atoms with Gasteiger partial charge in [-0.1, -0.05) is 32.0 Å². The molecule has 0 spiro atoms. The third kappa shape index (κ3) is 4.15. The van der Waals surface area contributed by atoms with Crippen LogP contribution in [0.25, 0.3) is 0 Å². The van der Waals surface area contributed by atoms with Gasteiger partial charge in [0.1, 0.15) is 5.69 Å². The van der Waals surface area contributed by atoms with Gasteiger partial charge in [-0.15, -0.1) is 0 Å². The van der Waals surface area contributed by atoms with Crippen molar-refractivity contribution >= 4 is 17.8 Å². The molecule has 1 N–H and O–H groups in total. The number of esters is 1. The van der Waals surface area contributed by atoms with Crippen LogP contribution in [0.4, 0.5) is 5.88 Å². The van der Waals surface area contributed by atoms with Crippen molar-refractivity contribution in [3.63, 3.8) is 0 Å². The number of nitrogens with zero attached hydrogens (tertiary/aromatic N) is 2. The Morgan fingerprint density at radius 1 is 1.32 bits per heavy atom. The highest BCUT2D eigenvalue weighted by Crippen LogP contribution is 2.23. The van der Waals surface area contributed by atoms with Crippen molar-refractivity contribution in [2.45, 2.75) is 26.2 Å². The molecule has 22 heavy (non-hydrogen) atoms. The molecule has 2 rings (SSSR count). The number of rotatable bonds is 4. The molecule has 0 aromatic carbocycles. The van der Waals surface area contributed by atoms with Gasteiger partial charge in [-0.2, -0.15) is 0 Å². The zero-order valence-corrected chi connectivity index (χ0v) is 12.6. The molecule has 0 saturated carbocycles. The van der Waals surface area contributed by atoms with E-state index in [1.54, 1.807) is 18.2 Å². The third-order valence-electron chi connectivity index (χ3n) is 2.75. The second-order valence-corrected chi connectivity index (χ2v) is 5.67. The summed E-state index contributed by atoms with van der Waals surface area (Å²) < 4.78 is 9.88. The maximum Gasteiger partial charge on any atom is 0.357 e. The predicted octanol–water partition coefficient (Wildman–Crippen LogP) is 2.16. The molecule has 0 aliphatic carbocycles. The van der Waals surface area contributed by atoms with Gasteiger partial charge in [0.05, 0.1) is 5.69 Å². The molecule has 0 aliphatic rings. The molecular weight excluding hydrogens is 286 g/mol. The van der Waals surface area contributed by atoms with Gasteiger partial charge in [-0.25, -0.2) is 9.78 Å². The average Bonchev–Trinajstić information content (AvgIpc) is 2.94. The molecule has 2 aromatic heterocycles. The van der Waals surface area contributed by atoms with E-state index in [1.165, 1.54) is 12.3 Å². The molecule has 1 amide bonds. The van der Waals surface area contributed by atoms with Crippen molar-refractivity contribution in [2.75, 3.05) is 11.9 Å². The van der Waals surface area contributed by atoms with Crippen LogP contribution in [0.3, 0.4) is 0 Å². The van der Waals surface area contributed by atoms with E-state index in [0.717, 1.165) is 0 Å². The lowest BCUT2D eigenvalue weighted by atomic mass is 9.92. The third-order valence-corrected chi connectivity index (χ3v) is 2.75. The van der Waals surface area contributed by atoms with Crippen molar-refractivity contribution in [3.05, 3.63) is 41.9 Å². The fraction of sp³-hybridized carbons (Fsp3) is 0.333. The lowest BCUT2D eigenvalue weighted by Gasteiger charge is -2.12. The van der Waals surface area contributed by atoms with E-state index in [-0.39, 0.29) is 17.0 Å². The minimum Gasteiger partial charge on any atom is -0.451 e. The van der Waals surface area contributed by atoms with Gasteiger partial charge in [0, 0.05) is 17.7 Å². The van der Waals surface area contributed by atoms with E-state index >= 15 is 0 Å². The Morgan fingerprint density at radius 3 is 2.68 bits per heavy atom. The lowest BCUT2D eigenvalue weighted by Crippen LogP contribution is -2.21. The van der Waals surface area contributed by atoms with Crippen LogP contribution >= 0.6 is 0 Å². The lowest BCUT2D eigenvalue weighted by molar-refractivity contribution is -0.119. The second kappa shape index (κ2) is 6.38. The topological polar surface area (TPSA) is 94.3 Å². The molecule has 0 fully saturated rings. The SMILES string of the molecule is CC(C)(C)c1cc(NC(=O)COC(=O)c2ccccn2)on1. The van der Waals surface area contributed by atoms with Crippen LogP contribution in [0, 0.1) is 0 Å². The molecule has 0 atom stereocenters. The highest BCUT2D eigenvalue weighted by molar-refractivity contribution is 5.94. The van der Waals surface area contributed by atoms with Gasteiger partial charge >= 0.3 is 5.97 Å². The number of carbonyl (C=O) groups excluding carboxylic acids is 2. The van der Waals surface area contributed by atoms with E-state index in [9.17, 15) is 9.59 Å². The van der Waals surface area contributed by atoms with Gasteiger partial charge in [-0.3, -0.25) is 10.1 Å². The Balaban J connectivity index is 1.86. The first kappa shape index (κ1) is 15.7. The summed E-state index contributed by atoms with van der Waals surface area (Å²) in [5.74, 6) is -0.964. The first-order valence-corrected chi connectivity index (χ1v) is 6.71. The molecule has 0 radical (unpaired) electrons. The molecule has 0 aliphatic heterocycles. The Bertz CT molecular complexity index is 659. The molecule has 0 bridgehead atoms. The first-order valence-electron chi connectivity index (χ1n) is 6.71.